The molecule has 1 aliphatic carbocycles. The van der Waals surface area contributed by atoms with E-state index in [-0.39, 0.29) is 17.8 Å². The van der Waals surface area contributed by atoms with Crippen molar-refractivity contribution < 1.29 is 24.0 Å². The van der Waals surface area contributed by atoms with Crippen LogP contribution in [-0.2, 0) is 24.0 Å². The summed E-state index contributed by atoms with van der Waals surface area (Å²) in [5.41, 5.74) is -0.610. The van der Waals surface area contributed by atoms with Crippen LogP contribution in [0.15, 0.2) is 0 Å². The quantitative estimate of drug-likeness (QED) is 0.504. The lowest BCUT2D eigenvalue weighted by molar-refractivity contribution is -0.559. The van der Waals surface area contributed by atoms with Gasteiger partial charge in [-0.25, -0.2) is 9.78 Å². The molecule has 1 spiro atoms. The fourth-order valence-corrected chi connectivity index (χ4v) is 4.76. The SMILES string of the molecule is C[C@@H]1C(=O)O[C@H]2OC3(C)CC[C@@H]4[C@@H](C)CC[C@H]1[C@]24OO3. The van der Waals surface area contributed by atoms with Crippen LogP contribution in [0, 0.1) is 23.7 Å². The fourth-order valence-electron chi connectivity index (χ4n) is 4.76. The third kappa shape index (κ3) is 1.46. The van der Waals surface area contributed by atoms with Crippen LogP contribution >= 0.6 is 0 Å². The molecule has 0 amide bonds. The molecule has 0 aromatic carbocycles. The number of esters is 1. The predicted molar refractivity (Wildman–Crippen MR) is 68.0 cm³/mol. The zero-order valence-electron chi connectivity index (χ0n) is 12.3. The molecule has 7 atom stereocenters. The monoisotopic (exact) mass is 282 g/mol. The van der Waals surface area contributed by atoms with Crippen LogP contribution in [0.2, 0.25) is 0 Å². The van der Waals surface area contributed by atoms with E-state index in [1.807, 2.05) is 13.8 Å². The lowest BCUT2D eigenvalue weighted by Crippen LogP contribution is -2.69. The van der Waals surface area contributed by atoms with Gasteiger partial charge in [0.25, 0.3) is 0 Å². The highest BCUT2D eigenvalue weighted by molar-refractivity contribution is 5.74. The van der Waals surface area contributed by atoms with Gasteiger partial charge in [0.05, 0.1) is 5.92 Å². The molecule has 2 bridgehead atoms. The summed E-state index contributed by atoms with van der Waals surface area (Å²) in [6.45, 7) is 6.06. The van der Waals surface area contributed by atoms with Crippen LogP contribution in [0.1, 0.15) is 46.5 Å². The maximum absolute atomic E-state index is 12.1. The molecule has 0 radical (unpaired) electrons. The van der Waals surface area contributed by atoms with Crippen molar-refractivity contribution in [1.82, 2.24) is 0 Å². The second kappa shape index (κ2) is 3.96. The average Bonchev–Trinajstić information content (AvgIpc) is 2.63. The molecule has 5 aliphatic rings. The van der Waals surface area contributed by atoms with E-state index in [0.29, 0.717) is 11.8 Å². The van der Waals surface area contributed by atoms with Gasteiger partial charge in [-0.3, -0.25) is 4.79 Å². The largest absolute Gasteiger partial charge is 0.432 e. The Morgan fingerprint density at radius 3 is 2.70 bits per heavy atom. The fraction of sp³-hybridized carbons (Fsp3) is 0.933. The summed E-state index contributed by atoms with van der Waals surface area (Å²) in [6, 6.07) is 0. The second-order valence-electron chi connectivity index (χ2n) is 7.14. The second-order valence-corrected chi connectivity index (χ2v) is 7.14. The molecule has 4 heterocycles. The van der Waals surface area contributed by atoms with Gasteiger partial charge in [-0.05, 0) is 32.1 Å². The maximum atomic E-state index is 12.1. The zero-order chi connectivity index (χ0) is 14.1. The molecule has 4 aliphatic heterocycles. The Kier molecular flexibility index (Phi) is 2.58. The van der Waals surface area contributed by atoms with Crippen molar-refractivity contribution in [1.29, 1.82) is 0 Å². The standard InChI is InChI=1S/C15H22O5/c1-8-4-5-11-9(2)12(16)17-13-15(11)10(8)6-7-14(3,18-13)19-20-15/h8-11,13H,4-7H2,1-3H3/t8-,9-,10+,11+,13-,14?,15-/m0/s1. The first kappa shape index (κ1) is 13.0. The smallest absolute Gasteiger partial charge is 0.311 e. The minimum atomic E-state index is -0.793. The highest BCUT2D eigenvalue weighted by Crippen LogP contribution is 2.59. The Bertz CT molecular complexity index is 452. The first-order valence-electron chi connectivity index (χ1n) is 7.71. The Morgan fingerprint density at radius 1 is 1.10 bits per heavy atom. The number of rotatable bonds is 0. The molecular weight excluding hydrogens is 260 g/mol. The summed E-state index contributed by atoms with van der Waals surface area (Å²) in [4.78, 5) is 23.7. The maximum Gasteiger partial charge on any atom is 0.311 e. The van der Waals surface area contributed by atoms with E-state index in [1.165, 1.54) is 0 Å². The molecule has 5 nitrogen and oxygen atoms in total. The van der Waals surface area contributed by atoms with Gasteiger partial charge in [0.2, 0.25) is 12.1 Å². The van der Waals surface area contributed by atoms with Crippen LogP contribution in [0.5, 0.6) is 0 Å². The van der Waals surface area contributed by atoms with Crippen LogP contribution < -0.4 is 0 Å². The van der Waals surface area contributed by atoms with Crippen LogP contribution in [-0.4, -0.2) is 23.6 Å². The summed E-state index contributed by atoms with van der Waals surface area (Å²) in [7, 11) is 0. The predicted octanol–water partition coefficient (Wildman–Crippen LogP) is 2.39. The van der Waals surface area contributed by atoms with E-state index in [2.05, 4.69) is 6.92 Å². The number of fused-ring (bicyclic) bond motifs is 2. The van der Waals surface area contributed by atoms with E-state index in [1.54, 1.807) is 0 Å². The number of ether oxygens (including phenoxy) is 2. The molecule has 1 unspecified atom stereocenters. The molecule has 4 saturated heterocycles. The van der Waals surface area contributed by atoms with Gasteiger partial charge in [0.1, 0.15) is 0 Å². The summed E-state index contributed by atoms with van der Waals surface area (Å²) in [5, 5.41) is 0. The molecular formula is C15H22O5. The van der Waals surface area contributed by atoms with E-state index < -0.39 is 17.7 Å². The van der Waals surface area contributed by atoms with E-state index >= 15 is 0 Å². The Labute approximate surface area is 118 Å². The average molecular weight is 282 g/mol. The summed E-state index contributed by atoms with van der Waals surface area (Å²) < 4.78 is 11.6. The molecule has 0 aromatic heterocycles. The number of carbonyl (C=O) groups excluding carboxylic acids is 1. The number of carbonyl (C=O) groups is 1. The Hall–Kier alpha value is -0.650. The van der Waals surface area contributed by atoms with Gasteiger partial charge in [0, 0.05) is 18.3 Å². The van der Waals surface area contributed by atoms with Crippen molar-refractivity contribution in [3.05, 3.63) is 0 Å². The first-order valence-corrected chi connectivity index (χ1v) is 7.71. The van der Waals surface area contributed by atoms with Crippen molar-refractivity contribution in [2.24, 2.45) is 23.7 Å². The highest BCUT2D eigenvalue weighted by Gasteiger charge is 2.69. The molecule has 0 N–H and O–H groups in total. The van der Waals surface area contributed by atoms with Crippen LogP contribution in [0.25, 0.3) is 0 Å². The Morgan fingerprint density at radius 2 is 1.90 bits per heavy atom. The van der Waals surface area contributed by atoms with Crippen molar-refractivity contribution >= 4 is 5.97 Å². The van der Waals surface area contributed by atoms with E-state index in [9.17, 15) is 4.79 Å². The van der Waals surface area contributed by atoms with Gasteiger partial charge < -0.3 is 9.47 Å². The normalized spacial score (nSPS) is 57.8. The molecule has 5 rings (SSSR count). The van der Waals surface area contributed by atoms with E-state index in [4.69, 9.17) is 19.2 Å². The van der Waals surface area contributed by atoms with Gasteiger partial charge in [0.15, 0.2) is 5.60 Å². The lowest BCUT2D eigenvalue weighted by Gasteiger charge is -2.57. The minimum Gasteiger partial charge on any atom is -0.432 e. The van der Waals surface area contributed by atoms with Crippen molar-refractivity contribution in [3.8, 4) is 0 Å². The third-order valence-corrected chi connectivity index (χ3v) is 5.97. The minimum absolute atomic E-state index is 0.123. The zero-order valence-corrected chi connectivity index (χ0v) is 12.3. The molecule has 5 heteroatoms. The third-order valence-electron chi connectivity index (χ3n) is 5.97. The number of hydrogen-bond donors (Lipinski definition) is 0. The van der Waals surface area contributed by atoms with Gasteiger partial charge in [-0.15, -0.1) is 0 Å². The van der Waals surface area contributed by atoms with Crippen LogP contribution in [0.3, 0.4) is 0 Å². The van der Waals surface area contributed by atoms with Crippen molar-refractivity contribution in [2.75, 3.05) is 0 Å². The highest BCUT2D eigenvalue weighted by atomic mass is 17.3. The van der Waals surface area contributed by atoms with Crippen LogP contribution in [0.4, 0.5) is 0 Å². The van der Waals surface area contributed by atoms with E-state index in [0.717, 1.165) is 25.7 Å². The topological polar surface area (TPSA) is 54.0 Å². The van der Waals surface area contributed by atoms with Crippen molar-refractivity contribution in [3.63, 3.8) is 0 Å². The molecule has 0 aromatic rings. The molecule has 1 saturated carbocycles. The molecule has 112 valence electrons. The summed E-state index contributed by atoms with van der Waals surface area (Å²) in [5.74, 6) is -0.137. The van der Waals surface area contributed by atoms with Gasteiger partial charge in [-0.1, -0.05) is 13.8 Å². The number of hydrogen-bond acceptors (Lipinski definition) is 5. The summed E-state index contributed by atoms with van der Waals surface area (Å²) in [6.07, 6.45) is 3.24. The van der Waals surface area contributed by atoms with Gasteiger partial charge in [-0.2, -0.15) is 0 Å². The van der Waals surface area contributed by atoms with Crippen molar-refractivity contribution in [2.45, 2.75) is 64.1 Å². The molecule has 20 heavy (non-hydrogen) atoms. The lowest BCUT2D eigenvalue weighted by atomic mass is 9.58. The van der Waals surface area contributed by atoms with Gasteiger partial charge >= 0.3 is 5.97 Å². The Balaban J connectivity index is 1.84. The first-order chi connectivity index (χ1) is 9.46. The molecule has 5 fully saturated rings. The summed E-state index contributed by atoms with van der Waals surface area (Å²) >= 11 is 0.